The summed E-state index contributed by atoms with van der Waals surface area (Å²) in [6.45, 7) is 1.80. The van der Waals surface area contributed by atoms with Crippen molar-refractivity contribution in [2.75, 3.05) is 12.4 Å². The number of nitrogens with one attached hydrogen (secondary N) is 1. The van der Waals surface area contributed by atoms with Crippen LogP contribution in [0.4, 0.5) is 14.5 Å². The Balaban J connectivity index is 2.24. The first-order valence-corrected chi connectivity index (χ1v) is 6.43. The fourth-order valence-corrected chi connectivity index (χ4v) is 2.06. The fourth-order valence-electron chi connectivity index (χ4n) is 1.88. The minimum atomic E-state index is -0.606. The van der Waals surface area contributed by atoms with Crippen LogP contribution in [0.15, 0.2) is 36.4 Å². The van der Waals surface area contributed by atoms with Gasteiger partial charge in [0, 0.05) is 18.2 Å². The van der Waals surface area contributed by atoms with Crippen LogP contribution in [0.3, 0.4) is 0 Å². The van der Waals surface area contributed by atoms with Gasteiger partial charge in [-0.05, 0) is 36.8 Å². The van der Waals surface area contributed by atoms with Gasteiger partial charge in [0.1, 0.15) is 17.4 Å². The van der Waals surface area contributed by atoms with Gasteiger partial charge in [-0.15, -0.1) is 0 Å². The zero-order valence-corrected chi connectivity index (χ0v) is 11.8. The Kier molecular flexibility index (Phi) is 4.45. The molecule has 5 heteroatoms. The second-order valence-electron chi connectivity index (χ2n) is 4.41. The Morgan fingerprint density at radius 3 is 2.35 bits per heavy atom. The molecule has 0 radical (unpaired) electrons. The van der Waals surface area contributed by atoms with Crippen molar-refractivity contribution in [1.29, 1.82) is 0 Å². The van der Waals surface area contributed by atoms with E-state index in [4.69, 9.17) is 16.3 Å². The number of halogens is 3. The van der Waals surface area contributed by atoms with E-state index in [9.17, 15) is 8.78 Å². The van der Waals surface area contributed by atoms with Gasteiger partial charge in [-0.2, -0.15) is 0 Å². The van der Waals surface area contributed by atoms with Crippen LogP contribution < -0.4 is 10.1 Å². The summed E-state index contributed by atoms with van der Waals surface area (Å²) in [5.41, 5.74) is 1.14. The molecule has 2 rings (SSSR count). The lowest BCUT2D eigenvalue weighted by molar-refractivity contribution is 0.415. The number of rotatable bonds is 4. The molecule has 0 saturated heterocycles. The first-order valence-electron chi connectivity index (χ1n) is 6.05. The Hall–Kier alpha value is -1.81. The number of hydrogen-bond donors (Lipinski definition) is 1. The molecule has 1 atom stereocenters. The second-order valence-corrected chi connectivity index (χ2v) is 4.82. The average Bonchev–Trinajstić information content (AvgIpc) is 2.40. The molecule has 2 nitrogen and oxygen atoms in total. The van der Waals surface area contributed by atoms with Crippen LogP contribution in [0.1, 0.15) is 18.5 Å². The smallest absolute Gasteiger partial charge is 0.126 e. The Bertz CT molecular complexity index is 599. The molecule has 0 bridgehead atoms. The molecular weight excluding hydrogens is 284 g/mol. The molecule has 106 valence electrons. The van der Waals surface area contributed by atoms with E-state index < -0.39 is 11.6 Å². The average molecular weight is 298 g/mol. The minimum absolute atomic E-state index is 0.301. The van der Waals surface area contributed by atoms with Crippen LogP contribution in [-0.4, -0.2) is 7.11 Å². The molecule has 0 aliphatic rings. The van der Waals surface area contributed by atoms with Crippen LogP contribution in [0, 0.1) is 11.6 Å². The summed E-state index contributed by atoms with van der Waals surface area (Å²) in [4.78, 5) is 0. The van der Waals surface area contributed by atoms with Gasteiger partial charge < -0.3 is 10.1 Å². The van der Waals surface area contributed by atoms with Crippen LogP contribution in [0.2, 0.25) is 5.02 Å². The Labute approximate surface area is 121 Å². The van der Waals surface area contributed by atoms with E-state index in [1.807, 2.05) is 0 Å². The van der Waals surface area contributed by atoms with E-state index in [0.29, 0.717) is 22.0 Å². The molecule has 0 aliphatic carbocycles. The fraction of sp³-hybridized carbons (Fsp3) is 0.200. The number of benzene rings is 2. The van der Waals surface area contributed by atoms with Crippen LogP contribution >= 0.6 is 11.6 Å². The minimum Gasteiger partial charge on any atom is -0.497 e. The monoisotopic (exact) mass is 297 g/mol. The van der Waals surface area contributed by atoms with Gasteiger partial charge in [0.15, 0.2) is 0 Å². The van der Waals surface area contributed by atoms with E-state index in [2.05, 4.69) is 5.32 Å². The predicted octanol–water partition coefficient (Wildman–Crippen LogP) is 4.80. The zero-order chi connectivity index (χ0) is 14.7. The van der Waals surface area contributed by atoms with Gasteiger partial charge >= 0.3 is 0 Å². The lowest BCUT2D eigenvalue weighted by Gasteiger charge is -2.17. The Morgan fingerprint density at radius 2 is 1.75 bits per heavy atom. The van der Waals surface area contributed by atoms with Gasteiger partial charge in [-0.1, -0.05) is 11.6 Å². The Morgan fingerprint density at radius 1 is 1.10 bits per heavy atom. The van der Waals surface area contributed by atoms with Crippen molar-refractivity contribution in [1.82, 2.24) is 0 Å². The van der Waals surface area contributed by atoms with Crippen LogP contribution in [0.5, 0.6) is 5.75 Å². The lowest BCUT2D eigenvalue weighted by Crippen LogP contribution is -2.08. The predicted molar refractivity (Wildman–Crippen MR) is 76.4 cm³/mol. The molecule has 0 amide bonds. The normalized spacial score (nSPS) is 12.1. The van der Waals surface area contributed by atoms with E-state index in [-0.39, 0.29) is 6.04 Å². The SMILES string of the molecule is COc1ccc(Cl)c(NC(C)c2cc(F)cc(F)c2)c1. The highest BCUT2D eigenvalue weighted by molar-refractivity contribution is 6.33. The number of methoxy groups -OCH3 is 1. The molecule has 0 aliphatic heterocycles. The van der Waals surface area contributed by atoms with Gasteiger partial charge in [0.05, 0.1) is 17.8 Å². The number of ether oxygens (including phenoxy) is 1. The maximum Gasteiger partial charge on any atom is 0.126 e. The van der Waals surface area contributed by atoms with Crippen molar-refractivity contribution < 1.29 is 13.5 Å². The first-order chi connectivity index (χ1) is 9.49. The van der Waals surface area contributed by atoms with E-state index in [0.717, 1.165) is 6.07 Å². The molecule has 2 aromatic carbocycles. The number of anilines is 1. The second kappa shape index (κ2) is 6.09. The van der Waals surface area contributed by atoms with E-state index >= 15 is 0 Å². The summed E-state index contributed by atoms with van der Waals surface area (Å²) in [6, 6.07) is 8.28. The van der Waals surface area contributed by atoms with Crippen LogP contribution in [0.25, 0.3) is 0 Å². The summed E-state index contributed by atoms with van der Waals surface area (Å²) < 4.78 is 31.5. The molecular formula is C15H14ClF2NO. The molecule has 0 aromatic heterocycles. The van der Waals surface area contributed by atoms with Gasteiger partial charge in [0.2, 0.25) is 0 Å². The third-order valence-electron chi connectivity index (χ3n) is 2.93. The number of hydrogen-bond acceptors (Lipinski definition) is 2. The third kappa shape index (κ3) is 3.39. The van der Waals surface area contributed by atoms with Crippen molar-refractivity contribution in [3.05, 3.63) is 58.6 Å². The van der Waals surface area contributed by atoms with Crippen molar-refractivity contribution in [2.45, 2.75) is 13.0 Å². The molecule has 1 unspecified atom stereocenters. The van der Waals surface area contributed by atoms with Crippen molar-refractivity contribution in [3.63, 3.8) is 0 Å². The lowest BCUT2D eigenvalue weighted by atomic mass is 10.1. The standard InChI is InChI=1S/C15H14ClF2NO/c1-9(10-5-11(17)7-12(18)6-10)19-15-8-13(20-2)3-4-14(15)16/h3-9,19H,1-2H3. The summed E-state index contributed by atoms with van der Waals surface area (Å²) in [7, 11) is 1.55. The molecule has 1 N–H and O–H groups in total. The maximum absolute atomic E-state index is 13.2. The first kappa shape index (κ1) is 14.6. The van der Waals surface area contributed by atoms with E-state index in [1.54, 1.807) is 32.2 Å². The van der Waals surface area contributed by atoms with Crippen molar-refractivity contribution >= 4 is 17.3 Å². The largest absolute Gasteiger partial charge is 0.497 e. The van der Waals surface area contributed by atoms with Crippen molar-refractivity contribution in [3.8, 4) is 5.75 Å². The summed E-state index contributed by atoms with van der Waals surface area (Å²) in [6.07, 6.45) is 0. The molecule has 0 fully saturated rings. The quantitative estimate of drug-likeness (QED) is 0.875. The zero-order valence-electron chi connectivity index (χ0n) is 11.1. The van der Waals surface area contributed by atoms with Gasteiger partial charge in [-0.3, -0.25) is 0 Å². The molecule has 0 saturated carbocycles. The summed E-state index contributed by atoms with van der Waals surface area (Å²) in [5.74, 6) is -0.565. The molecule has 2 aromatic rings. The topological polar surface area (TPSA) is 21.3 Å². The highest BCUT2D eigenvalue weighted by Crippen LogP contribution is 2.30. The summed E-state index contributed by atoms with van der Waals surface area (Å²) in [5, 5.41) is 3.62. The third-order valence-corrected chi connectivity index (χ3v) is 3.26. The van der Waals surface area contributed by atoms with E-state index in [1.165, 1.54) is 12.1 Å². The maximum atomic E-state index is 13.2. The van der Waals surface area contributed by atoms with Crippen LogP contribution in [-0.2, 0) is 0 Å². The van der Waals surface area contributed by atoms with Crippen molar-refractivity contribution in [2.24, 2.45) is 0 Å². The molecule has 20 heavy (non-hydrogen) atoms. The molecule has 0 spiro atoms. The highest BCUT2D eigenvalue weighted by atomic mass is 35.5. The molecule has 0 heterocycles. The highest BCUT2D eigenvalue weighted by Gasteiger charge is 2.11. The van der Waals surface area contributed by atoms with Gasteiger partial charge in [0.25, 0.3) is 0 Å². The summed E-state index contributed by atoms with van der Waals surface area (Å²) >= 11 is 6.08. The van der Waals surface area contributed by atoms with Gasteiger partial charge in [-0.25, -0.2) is 8.78 Å².